The fraction of sp³-hybridized carbons (Fsp3) is 0.444. The second-order valence-corrected chi connectivity index (χ2v) is 10.0. The van der Waals surface area contributed by atoms with Gasteiger partial charge in [-0.05, 0) is 52.5 Å². The lowest BCUT2D eigenvalue weighted by atomic mass is 9.93. The van der Waals surface area contributed by atoms with E-state index >= 15 is 0 Å². The molecule has 0 radical (unpaired) electrons. The summed E-state index contributed by atoms with van der Waals surface area (Å²) < 4.78 is 61.3. The van der Waals surface area contributed by atoms with Gasteiger partial charge in [-0.3, -0.25) is 4.68 Å². The van der Waals surface area contributed by atoms with Crippen molar-refractivity contribution in [1.82, 2.24) is 29.7 Å². The molecule has 1 saturated carbocycles. The van der Waals surface area contributed by atoms with E-state index in [9.17, 15) is 17.6 Å². The summed E-state index contributed by atoms with van der Waals surface area (Å²) in [7, 11) is 0. The SMILES string of the molecule is CCNc1cc2c(cn1)c(-c1cnc(NC(C)C)nc1)nn2[C@H]1CC[C@@H](Oc2nccc(C(F)(F)F)c2F)CC1. The second-order valence-electron chi connectivity index (χ2n) is 10.0. The van der Waals surface area contributed by atoms with Crippen molar-refractivity contribution in [2.24, 2.45) is 0 Å². The molecule has 0 unspecified atom stereocenters. The second kappa shape index (κ2) is 11.2. The monoisotopic (exact) mass is 558 g/mol. The van der Waals surface area contributed by atoms with Crippen molar-refractivity contribution < 1.29 is 22.3 Å². The molecule has 0 bridgehead atoms. The molecule has 0 atom stereocenters. The summed E-state index contributed by atoms with van der Waals surface area (Å²) in [5.41, 5.74) is 0.957. The third-order valence-corrected chi connectivity index (χ3v) is 6.72. The maximum Gasteiger partial charge on any atom is 0.419 e. The molecule has 1 aliphatic rings. The molecule has 1 aliphatic carbocycles. The van der Waals surface area contributed by atoms with E-state index in [0.717, 1.165) is 28.5 Å². The van der Waals surface area contributed by atoms with Crippen molar-refractivity contribution >= 4 is 22.7 Å². The van der Waals surface area contributed by atoms with Gasteiger partial charge in [0.2, 0.25) is 5.95 Å². The van der Waals surface area contributed by atoms with E-state index in [1.54, 1.807) is 18.6 Å². The van der Waals surface area contributed by atoms with E-state index in [0.29, 0.717) is 49.9 Å². The standard InChI is InChI=1S/C27H30F4N8O/c1-4-32-22-11-21-19(14-34-22)24(16-12-35-26(36-13-16)37-15(2)3)38-39(21)17-5-7-18(8-6-17)40-25-23(28)20(9-10-33-25)27(29,30)31/h9-15,17-18H,4-8H2,1-3H3,(H,32,34)(H,35,36,37)/t17-,18+. The Morgan fingerprint density at radius 1 is 1.05 bits per heavy atom. The fourth-order valence-electron chi connectivity index (χ4n) is 4.88. The van der Waals surface area contributed by atoms with Crippen LogP contribution in [-0.2, 0) is 6.18 Å². The van der Waals surface area contributed by atoms with Gasteiger partial charge in [-0.1, -0.05) is 0 Å². The third kappa shape index (κ3) is 5.77. The molecular weight excluding hydrogens is 528 g/mol. The molecule has 212 valence electrons. The van der Waals surface area contributed by atoms with Gasteiger partial charge in [0.15, 0.2) is 5.82 Å². The highest BCUT2D eigenvalue weighted by atomic mass is 19.4. The third-order valence-electron chi connectivity index (χ3n) is 6.72. The zero-order valence-corrected chi connectivity index (χ0v) is 22.3. The van der Waals surface area contributed by atoms with E-state index in [-0.39, 0.29) is 12.1 Å². The number of aromatic nitrogens is 6. The molecule has 9 nitrogen and oxygen atoms in total. The number of hydrogen-bond acceptors (Lipinski definition) is 8. The van der Waals surface area contributed by atoms with Crippen LogP contribution in [0.25, 0.3) is 22.2 Å². The molecule has 1 fully saturated rings. The van der Waals surface area contributed by atoms with Crippen LogP contribution in [0.5, 0.6) is 5.88 Å². The first kappa shape index (κ1) is 27.5. The molecule has 4 aromatic rings. The van der Waals surface area contributed by atoms with E-state index < -0.39 is 29.5 Å². The highest BCUT2D eigenvalue weighted by molar-refractivity contribution is 5.93. The van der Waals surface area contributed by atoms with Crippen LogP contribution in [-0.4, -0.2) is 48.4 Å². The molecule has 2 N–H and O–H groups in total. The normalized spacial score (nSPS) is 17.8. The molecule has 0 aromatic carbocycles. The minimum Gasteiger partial charge on any atom is -0.472 e. The van der Waals surface area contributed by atoms with Crippen LogP contribution >= 0.6 is 0 Å². The van der Waals surface area contributed by atoms with Crippen molar-refractivity contribution in [2.45, 2.75) is 70.8 Å². The Morgan fingerprint density at radius 2 is 1.77 bits per heavy atom. The maximum atomic E-state index is 14.4. The summed E-state index contributed by atoms with van der Waals surface area (Å²) in [6, 6.07) is 2.75. The largest absolute Gasteiger partial charge is 0.472 e. The van der Waals surface area contributed by atoms with E-state index in [4.69, 9.17) is 9.84 Å². The average molecular weight is 559 g/mol. The maximum absolute atomic E-state index is 14.4. The fourth-order valence-corrected chi connectivity index (χ4v) is 4.88. The van der Waals surface area contributed by atoms with Crippen molar-refractivity contribution in [3.63, 3.8) is 0 Å². The highest BCUT2D eigenvalue weighted by Gasteiger charge is 2.36. The van der Waals surface area contributed by atoms with Gasteiger partial charge in [0.05, 0.1) is 17.1 Å². The number of nitrogens with zero attached hydrogens (tertiary/aromatic N) is 6. The van der Waals surface area contributed by atoms with Crippen molar-refractivity contribution in [3.05, 3.63) is 48.3 Å². The number of fused-ring (bicyclic) bond motifs is 1. The number of alkyl halides is 3. The van der Waals surface area contributed by atoms with Crippen LogP contribution in [0.15, 0.2) is 36.9 Å². The Morgan fingerprint density at radius 3 is 2.42 bits per heavy atom. The van der Waals surface area contributed by atoms with Crippen LogP contribution in [0.4, 0.5) is 29.3 Å². The van der Waals surface area contributed by atoms with Gasteiger partial charge in [0.1, 0.15) is 17.6 Å². The number of ether oxygens (including phenoxy) is 1. The van der Waals surface area contributed by atoms with Gasteiger partial charge in [-0.2, -0.15) is 18.3 Å². The van der Waals surface area contributed by atoms with Crippen LogP contribution in [0.2, 0.25) is 0 Å². The number of anilines is 2. The first-order chi connectivity index (χ1) is 19.1. The summed E-state index contributed by atoms with van der Waals surface area (Å²) in [4.78, 5) is 17.1. The van der Waals surface area contributed by atoms with Crippen LogP contribution in [0.1, 0.15) is 58.1 Å². The Hall–Kier alpha value is -4.03. The molecule has 4 aromatic heterocycles. The van der Waals surface area contributed by atoms with Crippen LogP contribution in [0, 0.1) is 5.82 Å². The summed E-state index contributed by atoms with van der Waals surface area (Å²) in [6.45, 7) is 6.71. The molecule has 0 aliphatic heterocycles. The first-order valence-corrected chi connectivity index (χ1v) is 13.2. The average Bonchev–Trinajstić information content (AvgIpc) is 3.29. The van der Waals surface area contributed by atoms with Gasteiger partial charge in [-0.15, -0.1) is 0 Å². The molecular formula is C27H30F4N8O. The van der Waals surface area contributed by atoms with Crippen LogP contribution in [0.3, 0.4) is 0 Å². The summed E-state index contributed by atoms with van der Waals surface area (Å²) in [5, 5.41) is 12.2. The first-order valence-electron chi connectivity index (χ1n) is 13.2. The Balaban J connectivity index is 1.39. The number of rotatable bonds is 8. The topological polar surface area (TPSA) is 103 Å². The van der Waals surface area contributed by atoms with Crippen LogP contribution < -0.4 is 15.4 Å². The molecule has 40 heavy (non-hydrogen) atoms. The zero-order chi connectivity index (χ0) is 28.4. The summed E-state index contributed by atoms with van der Waals surface area (Å²) in [5.74, 6) is -0.861. The lowest BCUT2D eigenvalue weighted by Crippen LogP contribution is -2.27. The highest BCUT2D eigenvalue weighted by Crippen LogP contribution is 2.38. The van der Waals surface area contributed by atoms with Crippen molar-refractivity contribution in [3.8, 4) is 17.1 Å². The molecule has 0 spiro atoms. The quantitative estimate of drug-likeness (QED) is 0.245. The van der Waals surface area contributed by atoms with E-state index in [1.165, 1.54) is 0 Å². The summed E-state index contributed by atoms with van der Waals surface area (Å²) in [6.07, 6.45) is 3.13. The minimum atomic E-state index is -4.82. The van der Waals surface area contributed by atoms with Crippen molar-refractivity contribution in [1.29, 1.82) is 0 Å². The molecule has 4 heterocycles. The number of nitrogens with one attached hydrogen (secondary N) is 2. The van der Waals surface area contributed by atoms with Crippen molar-refractivity contribution in [2.75, 3.05) is 17.2 Å². The lowest BCUT2D eigenvalue weighted by Gasteiger charge is -2.29. The Bertz CT molecular complexity index is 1460. The van der Waals surface area contributed by atoms with E-state index in [1.807, 2.05) is 31.5 Å². The van der Waals surface area contributed by atoms with Gasteiger partial charge in [-0.25, -0.2) is 24.3 Å². The summed E-state index contributed by atoms with van der Waals surface area (Å²) >= 11 is 0. The predicted octanol–water partition coefficient (Wildman–Crippen LogP) is 6.26. The number of pyridine rings is 2. The van der Waals surface area contributed by atoms with Gasteiger partial charge in [0.25, 0.3) is 5.88 Å². The van der Waals surface area contributed by atoms with Gasteiger partial charge < -0.3 is 15.4 Å². The van der Waals surface area contributed by atoms with Gasteiger partial charge in [0, 0.05) is 54.4 Å². The van der Waals surface area contributed by atoms with Gasteiger partial charge >= 0.3 is 6.18 Å². The minimum absolute atomic E-state index is 0.00455. The zero-order valence-electron chi connectivity index (χ0n) is 22.3. The number of hydrogen-bond donors (Lipinski definition) is 2. The molecule has 5 rings (SSSR count). The molecule has 0 amide bonds. The Kier molecular flexibility index (Phi) is 7.72. The van der Waals surface area contributed by atoms with E-state index in [2.05, 4.69) is 30.6 Å². The predicted molar refractivity (Wildman–Crippen MR) is 143 cm³/mol. The molecule has 13 heteroatoms. The Labute approximate surface area is 228 Å². The lowest BCUT2D eigenvalue weighted by molar-refractivity contribution is -0.140. The smallest absolute Gasteiger partial charge is 0.419 e. The number of halogens is 4. The molecule has 0 saturated heterocycles.